The third-order valence-corrected chi connectivity index (χ3v) is 4.82. The van der Waals surface area contributed by atoms with Gasteiger partial charge in [-0.1, -0.05) is 23.4 Å². The van der Waals surface area contributed by atoms with E-state index in [1.807, 2.05) is 32.6 Å². The summed E-state index contributed by atoms with van der Waals surface area (Å²) in [5.41, 5.74) is 0. The van der Waals surface area contributed by atoms with Crippen molar-refractivity contribution in [3.8, 4) is 5.75 Å². The van der Waals surface area contributed by atoms with Crippen LogP contribution in [0.3, 0.4) is 0 Å². The van der Waals surface area contributed by atoms with Gasteiger partial charge < -0.3 is 15.5 Å². The van der Waals surface area contributed by atoms with Crippen LogP contribution in [-0.2, 0) is 11.4 Å². The fourth-order valence-electron chi connectivity index (χ4n) is 2.56. The van der Waals surface area contributed by atoms with Crippen LogP contribution in [0.25, 0.3) is 0 Å². The van der Waals surface area contributed by atoms with Gasteiger partial charge in [0.1, 0.15) is 12.4 Å². The SMILES string of the molecule is CC(C)N(C(=O)CSc1nnc(COc2ccc(Cl)cc2)n1N)C(C)C. The number of thioether (sulfide) groups is 1. The number of ether oxygens (including phenoxy) is 1. The molecule has 9 heteroatoms. The van der Waals surface area contributed by atoms with Gasteiger partial charge in [-0.05, 0) is 52.0 Å². The molecule has 2 rings (SSSR count). The minimum absolute atomic E-state index is 0.0435. The quantitative estimate of drug-likeness (QED) is 0.544. The highest BCUT2D eigenvalue weighted by Crippen LogP contribution is 2.19. The molecule has 0 fully saturated rings. The zero-order valence-electron chi connectivity index (χ0n) is 15.3. The fraction of sp³-hybridized carbons (Fsp3) is 0.471. The number of hydrogen-bond donors (Lipinski definition) is 1. The Hall–Kier alpha value is -1.93. The van der Waals surface area contributed by atoms with Crippen LogP contribution in [0.1, 0.15) is 33.5 Å². The van der Waals surface area contributed by atoms with Gasteiger partial charge in [0, 0.05) is 17.1 Å². The topological polar surface area (TPSA) is 86.3 Å². The van der Waals surface area contributed by atoms with Crippen molar-refractivity contribution in [2.24, 2.45) is 0 Å². The predicted octanol–water partition coefficient (Wildman–Crippen LogP) is 2.96. The van der Waals surface area contributed by atoms with E-state index in [9.17, 15) is 4.79 Å². The minimum Gasteiger partial charge on any atom is -0.486 e. The molecule has 0 saturated carbocycles. The maximum atomic E-state index is 12.4. The van der Waals surface area contributed by atoms with Crippen molar-refractivity contribution in [1.82, 2.24) is 19.8 Å². The number of hydrogen-bond acceptors (Lipinski definition) is 6. The maximum Gasteiger partial charge on any atom is 0.233 e. The molecule has 2 N–H and O–H groups in total. The van der Waals surface area contributed by atoms with Gasteiger partial charge in [-0.2, -0.15) is 0 Å². The molecule has 0 aliphatic rings. The van der Waals surface area contributed by atoms with Gasteiger partial charge in [-0.25, -0.2) is 4.68 Å². The summed E-state index contributed by atoms with van der Waals surface area (Å²) >= 11 is 7.11. The lowest BCUT2D eigenvalue weighted by Gasteiger charge is -2.30. The molecular formula is C17H24ClN5O2S. The van der Waals surface area contributed by atoms with E-state index in [0.717, 1.165) is 0 Å². The number of nitrogen functional groups attached to an aromatic ring is 1. The van der Waals surface area contributed by atoms with Crippen LogP contribution in [0.5, 0.6) is 5.75 Å². The van der Waals surface area contributed by atoms with Gasteiger partial charge in [0.05, 0.1) is 5.75 Å². The first kappa shape index (κ1) is 20.4. The van der Waals surface area contributed by atoms with Crippen molar-refractivity contribution in [3.05, 3.63) is 35.1 Å². The molecule has 7 nitrogen and oxygen atoms in total. The molecule has 0 aliphatic heterocycles. The van der Waals surface area contributed by atoms with Crippen LogP contribution in [0.4, 0.5) is 0 Å². The van der Waals surface area contributed by atoms with E-state index in [-0.39, 0.29) is 30.4 Å². The minimum atomic E-state index is 0.0435. The number of carbonyl (C=O) groups is 1. The van der Waals surface area contributed by atoms with Gasteiger partial charge in [-0.3, -0.25) is 4.79 Å². The van der Waals surface area contributed by atoms with E-state index in [2.05, 4.69) is 10.2 Å². The van der Waals surface area contributed by atoms with Gasteiger partial charge in [-0.15, -0.1) is 10.2 Å². The van der Waals surface area contributed by atoms with E-state index >= 15 is 0 Å². The molecule has 1 amide bonds. The number of halogens is 1. The smallest absolute Gasteiger partial charge is 0.233 e. The average Bonchev–Trinajstić information content (AvgIpc) is 2.92. The standard InChI is InChI=1S/C17H24ClN5O2S/c1-11(2)22(12(3)4)16(24)10-26-17-21-20-15(23(17)19)9-25-14-7-5-13(18)6-8-14/h5-8,11-12H,9-10,19H2,1-4H3. The predicted molar refractivity (Wildman–Crippen MR) is 104 cm³/mol. The molecule has 1 aromatic heterocycles. The summed E-state index contributed by atoms with van der Waals surface area (Å²) in [4.78, 5) is 14.3. The molecule has 0 aliphatic carbocycles. The van der Waals surface area contributed by atoms with Crippen molar-refractivity contribution < 1.29 is 9.53 Å². The summed E-state index contributed by atoms with van der Waals surface area (Å²) in [6.45, 7) is 8.17. The number of benzene rings is 1. The van der Waals surface area contributed by atoms with Crippen molar-refractivity contribution in [2.75, 3.05) is 11.6 Å². The summed E-state index contributed by atoms with van der Waals surface area (Å²) in [6, 6.07) is 7.29. The molecule has 0 atom stereocenters. The second-order valence-corrected chi connectivity index (χ2v) is 7.67. The van der Waals surface area contributed by atoms with E-state index < -0.39 is 0 Å². The average molecular weight is 398 g/mol. The first-order chi connectivity index (χ1) is 12.3. The third-order valence-electron chi connectivity index (χ3n) is 3.64. The number of amides is 1. The molecule has 0 unspecified atom stereocenters. The van der Waals surface area contributed by atoms with E-state index in [1.54, 1.807) is 24.3 Å². The lowest BCUT2D eigenvalue weighted by molar-refractivity contribution is -0.131. The van der Waals surface area contributed by atoms with Gasteiger partial charge in [0.2, 0.25) is 11.1 Å². The van der Waals surface area contributed by atoms with Crippen LogP contribution >= 0.6 is 23.4 Å². The first-order valence-corrected chi connectivity index (χ1v) is 9.67. The molecule has 1 heterocycles. The highest BCUT2D eigenvalue weighted by Gasteiger charge is 2.21. The lowest BCUT2D eigenvalue weighted by atomic mass is 10.2. The Kier molecular flexibility index (Phi) is 7.16. The van der Waals surface area contributed by atoms with Crippen molar-refractivity contribution in [3.63, 3.8) is 0 Å². The van der Waals surface area contributed by atoms with Crippen LogP contribution in [0, 0.1) is 0 Å². The molecule has 0 radical (unpaired) electrons. The lowest BCUT2D eigenvalue weighted by Crippen LogP contribution is -2.43. The Balaban J connectivity index is 1.93. The zero-order valence-corrected chi connectivity index (χ0v) is 16.9. The Labute approximate surface area is 162 Å². The summed E-state index contributed by atoms with van der Waals surface area (Å²) < 4.78 is 6.97. The monoisotopic (exact) mass is 397 g/mol. The molecule has 26 heavy (non-hydrogen) atoms. The van der Waals surface area contributed by atoms with Crippen LogP contribution < -0.4 is 10.6 Å². The summed E-state index contributed by atoms with van der Waals surface area (Å²) in [5, 5.41) is 9.19. The first-order valence-electron chi connectivity index (χ1n) is 8.31. The Bertz CT molecular complexity index is 725. The van der Waals surface area contributed by atoms with Gasteiger partial charge >= 0.3 is 0 Å². The molecule has 0 saturated heterocycles. The summed E-state index contributed by atoms with van der Waals surface area (Å²) in [6.07, 6.45) is 0. The Morgan fingerprint density at radius 2 is 1.85 bits per heavy atom. The van der Waals surface area contributed by atoms with E-state index in [0.29, 0.717) is 21.8 Å². The number of aromatic nitrogens is 3. The van der Waals surface area contributed by atoms with E-state index in [4.69, 9.17) is 22.2 Å². The molecule has 0 spiro atoms. The molecular weight excluding hydrogens is 374 g/mol. The Morgan fingerprint density at radius 3 is 2.42 bits per heavy atom. The molecule has 2 aromatic rings. The fourth-order valence-corrected chi connectivity index (χ4v) is 3.43. The largest absolute Gasteiger partial charge is 0.486 e. The normalized spacial score (nSPS) is 11.2. The number of nitrogens with two attached hydrogens (primary N) is 1. The van der Waals surface area contributed by atoms with E-state index in [1.165, 1.54) is 16.4 Å². The van der Waals surface area contributed by atoms with Crippen LogP contribution in [0.15, 0.2) is 29.4 Å². The van der Waals surface area contributed by atoms with Crippen molar-refractivity contribution in [1.29, 1.82) is 0 Å². The third kappa shape index (κ3) is 5.28. The van der Waals surface area contributed by atoms with Crippen molar-refractivity contribution in [2.45, 2.75) is 51.5 Å². The highest BCUT2D eigenvalue weighted by atomic mass is 35.5. The number of nitrogens with zero attached hydrogens (tertiary/aromatic N) is 4. The molecule has 142 valence electrons. The summed E-state index contributed by atoms with van der Waals surface area (Å²) in [7, 11) is 0. The molecule has 1 aromatic carbocycles. The second kappa shape index (κ2) is 9.14. The number of carbonyl (C=O) groups excluding carboxylic acids is 1. The summed E-state index contributed by atoms with van der Waals surface area (Å²) in [5.74, 6) is 7.45. The maximum absolute atomic E-state index is 12.4. The van der Waals surface area contributed by atoms with Gasteiger partial charge in [0.25, 0.3) is 0 Å². The number of rotatable bonds is 8. The highest BCUT2D eigenvalue weighted by molar-refractivity contribution is 7.99. The Morgan fingerprint density at radius 1 is 1.23 bits per heavy atom. The second-order valence-electron chi connectivity index (χ2n) is 6.29. The van der Waals surface area contributed by atoms with Crippen molar-refractivity contribution >= 4 is 29.3 Å². The van der Waals surface area contributed by atoms with Gasteiger partial charge in [0.15, 0.2) is 5.82 Å². The zero-order chi connectivity index (χ0) is 19.3. The molecule has 0 bridgehead atoms. The van der Waals surface area contributed by atoms with Crippen LogP contribution in [0.2, 0.25) is 5.02 Å². The van der Waals surface area contributed by atoms with Crippen LogP contribution in [-0.4, -0.2) is 43.5 Å².